The van der Waals surface area contributed by atoms with E-state index in [4.69, 9.17) is 9.84 Å². The van der Waals surface area contributed by atoms with Gasteiger partial charge >= 0.3 is 0 Å². The molecule has 0 aliphatic heterocycles. The maximum atomic E-state index is 9.03. The molecule has 0 aromatic rings. The van der Waals surface area contributed by atoms with Crippen molar-refractivity contribution >= 4 is 0 Å². The highest BCUT2D eigenvalue weighted by atomic mass is 16.5. The van der Waals surface area contributed by atoms with E-state index in [1.165, 1.54) is 12.8 Å². The monoisotopic (exact) mass is 159 g/mol. The minimum atomic E-state index is -0.378. The van der Waals surface area contributed by atoms with E-state index in [0.29, 0.717) is 13.0 Å². The molecule has 0 aliphatic carbocycles. The number of ether oxygens (including phenoxy) is 1. The third-order valence-electron chi connectivity index (χ3n) is 1.54. The zero-order valence-electron chi connectivity index (χ0n) is 7.38. The first-order valence-electron chi connectivity index (χ1n) is 4.36. The van der Waals surface area contributed by atoms with Gasteiger partial charge in [0.2, 0.25) is 0 Å². The van der Waals surface area contributed by atoms with Gasteiger partial charge in [0, 0.05) is 6.61 Å². The summed E-state index contributed by atoms with van der Waals surface area (Å²) in [5, 5.41) is 9.03. The zero-order valence-corrected chi connectivity index (χ0v) is 7.38. The van der Waals surface area contributed by atoms with Crippen LogP contribution in [0.4, 0.5) is 0 Å². The summed E-state index contributed by atoms with van der Waals surface area (Å²) < 4.78 is 5.20. The molecule has 1 radical (unpaired) electrons. The van der Waals surface area contributed by atoms with Crippen LogP contribution < -0.4 is 0 Å². The van der Waals surface area contributed by atoms with E-state index in [0.717, 1.165) is 13.0 Å². The summed E-state index contributed by atoms with van der Waals surface area (Å²) in [7, 11) is 0. The van der Waals surface area contributed by atoms with Crippen LogP contribution in [-0.4, -0.2) is 24.4 Å². The van der Waals surface area contributed by atoms with Crippen LogP contribution in [0.2, 0.25) is 0 Å². The molecule has 1 atom stereocenters. The molecule has 0 aromatic heterocycles. The van der Waals surface area contributed by atoms with Gasteiger partial charge in [0.05, 0.1) is 12.7 Å². The number of hydrogen-bond donors (Lipinski definition) is 1. The number of rotatable bonds is 7. The largest absolute Gasteiger partial charge is 0.391 e. The maximum absolute atomic E-state index is 9.03. The fraction of sp³-hybridized carbons (Fsp3) is 0.889. The van der Waals surface area contributed by atoms with Crippen molar-refractivity contribution in [2.75, 3.05) is 13.2 Å². The minimum absolute atomic E-state index is 0.378. The van der Waals surface area contributed by atoms with Crippen molar-refractivity contribution in [1.29, 1.82) is 0 Å². The molecule has 0 aromatic carbocycles. The van der Waals surface area contributed by atoms with Crippen molar-refractivity contribution in [2.24, 2.45) is 0 Å². The maximum Gasteiger partial charge on any atom is 0.0773 e. The van der Waals surface area contributed by atoms with Crippen molar-refractivity contribution in [3.8, 4) is 0 Å². The van der Waals surface area contributed by atoms with Gasteiger partial charge in [-0.1, -0.05) is 26.7 Å². The fourth-order valence-corrected chi connectivity index (χ4v) is 0.757. The van der Waals surface area contributed by atoms with E-state index in [1.54, 1.807) is 0 Å². The van der Waals surface area contributed by atoms with Crippen molar-refractivity contribution in [3.05, 3.63) is 6.92 Å². The number of unbranched alkanes of at least 4 members (excludes halogenated alkanes) is 2. The molecule has 0 amide bonds. The summed E-state index contributed by atoms with van der Waals surface area (Å²) >= 11 is 0. The number of hydrogen-bond acceptors (Lipinski definition) is 2. The van der Waals surface area contributed by atoms with Crippen LogP contribution in [0.5, 0.6) is 0 Å². The molecule has 0 spiro atoms. The predicted octanol–water partition coefficient (Wildman–Crippen LogP) is 1.78. The van der Waals surface area contributed by atoms with Gasteiger partial charge in [0.1, 0.15) is 0 Å². The second kappa shape index (κ2) is 8.02. The van der Waals surface area contributed by atoms with Crippen LogP contribution >= 0.6 is 0 Å². The van der Waals surface area contributed by atoms with Crippen molar-refractivity contribution in [2.45, 2.75) is 38.7 Å². The van der Waals surface area contributed by atoms with E-state index in [2.05, 4.69) is 13.8 Å². The number of aliphatic hydroxyl groups is 1. The van der Waals surface area contributed by atoms with Gasteiger partial charge < -0.3 is 9.84 Å². The first-order chi connectivity index (χ1) is 5.31. The average Bonchev–Trinajstić information content (AvgIpc) is 2.04. The third kappa shape index (κ3) is 7.82. The van der Waals surface area contributed by atoms with E-state index >= 15 is 0 Å². The molecule has 0 saturated heterocycles. The molecular weight excluding hydrogens is 140 g/mol. The van der Waals surface area contributed by atoms with E-state index in [-0.39, 0.29) is 6.10 Å². The Morgan fingerprint density at radius 2 is 2.18 bits per heavy atom. The first-order valence-corrected chi connectivity index (χ1v) is 4.36. The Labute approximate surface area is 69.6 Å². The average molecular weight is 159 g/mol. The lowest BCUT2D eigenvalue weighted by molar-refractivity contribution is 0.0366. The predicted molar refractivity (Wildman–Crippen MR) is 46.3 cm³/mol. The molecular formula is C9H19O2. The second-order valence-corrected chi connectivity index (χ2v) is 2.72. The molecule has 1 N–H and O–H groups in total. The Morgan fingerprint density at radius 1 is 1.45 bits per heavy atom. The van der Waals surface area contributed by atoms with Gasteiger partial charge in [-0.25, -0.2) is 0 Å². The SMILES string of the molecule is [CH2]CC(O)COCCCCC. The van der Waals surface area contributed by atoms with Gasteiger partial charge in [-0.2, -0.15) is 0 Å². The smallest absolute Gasteiger partial charge is 0.0773 e. The first kappa shape index (κ1) is 10.9. The summed E-state index contributed by atoms with van der Waals surface area (Å²) in [4.78, 5) is 0. The molecule has 1 unspecified atom stereocenters. The Bertz CT molecular complexity index is 74.0. The highest BCUT2D eigenvalue weighted by Crippen LogP contribution is 1.96. The van der Waals surface area contributed by atoms with Gasteiger partial charge in [0.15, 0.2) is 0 Å². The summed E-state index contributed by atoms with van der Waals surface area (Å²) in [6.07, 6.45) is 3.67. The molecule has 0 rings (SSSR count). The normalized spacial score (nSPS) is 13.4. The van der Waals surface area contributed by atoms with Crippen LogP contribution in [0.3, 0.4) is 0 Å². The highest BCUT2D eigenvalue weighted by Gasteiger charge is 1.98. The van der Waals surface area contributed by atoms with E-state index in [1.807, 2.05) is 0 Å². The second-order valence-electron chi connectivity index (χ2n) is 2.72. The molecule has 2 heteroatoms. The zero-order chi connectivity index (χ0) is 8.53. The molecule has 67 valence electrons. The molecule has 0 fully saturated rings. The van der Waals surface area contributed by atoms with E-state index in [9.17, 15) is 0 Å². The summed E-state index contributed by atoms with van der Waals surface area (Å²) in [5.74, 6) is 0. The molecule has 0 heterocycles. The topological polar surface area (TPSA) is 29.5 Å². The van der Waals surface area contributed by atoms with Crippen molar-refractivity contribution < 1.29 is 9.84 Å². The lowest BCUT2D eigenvalue weighted by atomic mass is 10.2. The van der Waals surface area contributed by atoms with Crippen LogP contribution in [0.1, 0.15) is 32.6 Å². The summed E-state index contributed by atoms with van der Waals surface area (Å²) in [5.41, 5.74) is 0. The Balaban J connectivity index is 2.89. The Morgan fingerprint density at radius 3 is 2.73 bits per heavy atom. The van der Waals surface area contributed by atoms with Crippen molar-refractivity contribution in [1.82, 2.24) is 0 Å². The van der Waals surface area contributed by atoms with Gasteiger partial charge in [0.25, 0.3) is 0 Å². The fourth-order valence-electron chi connectivity index (χ4n) is 0.757. The van der Waals surface area contributed by atoms with Gasteiger partial charge in [-0.15, -0.1) is 0 Å². The molecule has 0 bridgehead atoms. The molecule has 2 nitrogen and oxygen atoms in total. The molecule has 0 saturated carbocycles. The third-order valence-corrected chi connectivity index (χ3v) is 1.54. The van der Waals surface area contributed by atoms with Gasteiger partial charge in [-0.3, -0.25) is 0 Å². The number of aliphatic hydroxyl groups excluding tert-OH is 1. The Kier molecular flexibility index (Phi) is 7.96. The minimum Gasteiger partial charge on any atom is -0.391 e. The lowest BCUT2D eigenvalue weighted by Gasteiger charge is -2.07. The molecule has 0 aliphatic rings. The van der Waals surface area contributed by atoms with Crippen LogP contribution in [-0.2, 0) is 4.74 Å². The summed E-state index contributed by atoms with van der Waals surface area (Å²) in [6, 6.07) is 0. The standard InChI is InChI=1S/C9H19O2/c1-3-5-6-7-11-8-9(10)4-2/h9-10H,2-8H2,1H3. The lowest BCUT2D eigenvalue weighted by Crippen LogP contribution is -2.14. The summed E-state index contributed by atoms with van der Waals surface area (Å²) in [6.45, 7) is 6.93. The van der Waals surface area contributed by atoms with Crippen molar-refractivity contribution in [3.63, 3.8) is 0 Å². The molecule has 11 heavy (non-hydrogen) atoms. The Hall–Kier alpha value is -0.0800. The van der Waals surface area contributed by atoms with Crippen LogP contribution in [0.15, 0.2) is 0 Å². The van der Waals surface area contributed by atoms with Crippen LogP contribution in [0, 0.1) is 6.92 Å². The quantitative estimate of drug-likeness (QED) is 0.574. The van der Waals surface area contributed by atoms with Gasteiger partial charge in [-0.05, 0) is 12.8 Å². The van der Waals surface area contributed by atoms with Crippen LogP contribution in [0.25, 0.3) is 0 Å². The van der Waals surface area contributed by atoms with E-state index < -0.39 is 0 Å². The highest BCUT2D eigenvalue weighted by molar-refractivity contribution is 4.53.